The van der Waals surface area contributed by atoms with Crippen molar-refractivity contribution >= 4 is 0 Å². The molecule has 1 aliphatic rings. The predicted molar refractivity (Wildman–Crippen MR) is 79.8 cm³/mol. The first-order chi connectivity index (χ1) is 9.91. The number of aliphatic hydroxyl groups is 1. The molecule has 5 nitrogen and oxygen atoms in total. The lowest BCUT2D eigenvalue weighted by Gasteiger charge is -2.27. The first-order valence-electron chi connectivity index (χ1n) is 7.95. The van der Waals surface area contributed by atoms with Crippen LogP contribution in [0.3, 0.4) is 0 Å². The fraction of sp³-hybridized carbons (Fsp3) is 0.875. The summed E-state index contributed by atoms with van der Waals surface area (Å²) in [6.45, 7) is 5.98. The Hall–Kier alpha value is -0.940. The molecule has 120 valence electrons. The van der Waals surface area contributed by atoms with Crippen LogP contribution in [0.15, 0.2) is 4.52 Å². The first kappa shape index (κ1) is 16.4. The Morgan fingerprint density at radius 3 is 2.52 bits per heavy atom. The molecule has 5 heteroatoms. The molecule has 1 N–H and O–H groups in total. The molecule has 0 spiro atoms. The van der Waals surface area contributed by atoms with Gasteiger partial charge in [0.05, 0.1) is 12.5 Å². The summed E-state index contributed by atoms with van der Waals surface area (Å²) in [6, 6.07) is 0. The fourth-order valence-corrected chi connectivity index (χ4v) is 2.88. The number of methoxy groups -OCH3 is 1. The molecule has 1 aliphatic carbocycles. The predicted octanol–water partition coefficient (Wildman–Crippen LogP) is 3.29. The minimum Gasteiger partial charge on any atom is -0.392 e. The van der Waals surface area contributed by atoms with Crippen molar-refractivity contribution in [3.63, 3.8) is 0 Å². The van der Waals surface area contributed by atoms with Crippen LogP contribution in [0, 0.1) is 11.3 Å². The summed E-state index contributed by atoms with van der Waals surface area (Å²) >= 11 is 0. The quantitative estimate of drug-likeness (QED) is 0.903. The van der Waals surface area contributed by atoms with Crippen molar-refractivity contribution in [1.29, 1.82) is 0 Å². The summed E-state index contributed by atoms with van der Waals surface area (Å²) in [5.41, 5.74) is -0.196. The molecule has 1 aromatic heterocycles. The zero-order valence-electron chi connectivity index (χ0n) is 13.6. The largest absolute Gasteiger partial charge is 0.392 e. The van der Waals surface area contributed by atoms with E-state index in [0.717, 1.165) is 12.8 Å². The van der Waals surface area contributed by atoms with Gasteiger partial charge in [-0.05, 0) is 24.2 Å². The summed E-state index contributed by atoms with van der Waals surface area (Å²) < 4.78 is 10.9. The van der Waals surface area contributed by atoms with Gasteiger partial charge >= 0.3 is 0 Å². The summed E-state index contributed by atoms with van der Waals surface area (Å²) in [5.74, 6) is 1.59. The number of aliphatic hydroxyl groups excluding tert-OH is 1. The average Bonchev–Trinajstić information content (AvgIpc) is 2.88. The third kappa shape index (κ3) is 4.27. The van der Waals surface area contributed by atoms with Gasteiger partial charge in [-0.1, -0.05) is 45.2 Å². The lowest BCUT2D eigenvalue weighted by atomic mass is 9.85. The Labute approximate surface area is 127 Å². The van der Waals surface area contributed by atoms with Crippen LogP contribution in [0.2, 0.25) is 0 Å². The molecule has 0 amide bonds. The van der Waals surface area contributed by atoms with Crippen molar-refractivity contribution in [3.05, 3.63) is 11.7 Å². The van der Waals surface area contributed by atoms with E-state index in [-0.39, 0.29) is 11.5 Å². The first-order valence-corrected chi connectivity index (χ1v) is 7.95. The van der Waals surface area contributed by atoms with E-state index < -0.39 is 6.10 Å². The molecule has 0 aromatic carbocycles. The monoisotopic (exact) mass is 296 g/mol. The van der Waals surface area contributed by atoms with E-state index in [9.17, 15) is 5.11 Å². The molecular formula is C16H28N2O3. The number of rotatable bonds is 5. The SMILES string of the molecule is COC(c1noc(CC(O)C(C)(C)C)n1)C1CCCCC1. The standard InChI is InChI=1S/C16H28N2O3/c1-16(2,3)12(19)10-13-17-15(18-21-13)14(20-4)11-8-6-5-7-9-11/h11-12,14,19H,5-10H2,1-4H3. The van der Waals surface area contributed by atoms with E-state index in [1.807, 2.05) is 20.8 Å². The summed E-state index contributed by atoms with van der Waals surface area (Å²) in [5, 5.41) is 14.2. The van der Waals surface area contributed by atoms with Crippen molar-refractivity contribution < 1.29 is 14.4 Å². The van der Waals surface area contributed by atoms with E-state index in [4.69, 9.17) is 9.26 Å². The molecule has 2 atom stereocenters. The third-order valence-electron chi connectivity index (χ3n) is 4.44. The number of aromatic nitrogens is 2. The lowest BCUT2D eigenvalue weighted by Crippen LogP contribution is -2.28. The van der Waals surface area contributed by atoms with Gasteiger partial charge in [0, 0.05) is 7.11 Å². The highest BCUT2D eigenvalue weighted by molar-refractivity contribution is 4.96. The van der Waals surface area contributed by atoms with Crippen LogP contribution in [-0.2, 0) is 11.2 Å². The fourth-order valence-electron chi connectivity index (χ4n) is 2.88. The highest BCUT2D eigenvalue weighted by Gasteiger charge is 2.30. The van der Waals surface area contributed by atoms with Crippen LogP contribution < -0.4 is 0 Å². The molecule has 0 saturated heterocycles. The van der Waals surface area contributed by atoms with Gasteiger partial charge in [0.15, 0.2) is 0 Å². The highest BCUT2D eigenvalue weighted by atomic mass is 16.5. The Balaban J connectivity index is 2.03. The van der Waals surface area contributed by atoms with Gasteiger partial charge in [0.1, 0.15) is 6.10 Å². The highest BCUT2D eigenvalue weighted by Crippen LogP contribution is 2.35. The maximum Gasteiger partial charge on any atom is 0.229 e. The molecular weight excluding hydrogens is 268 g/mol. The molecule has 21 heavy (non-hydrogen) atoms. The Kier molecular flexibility index (Phi) is 5.38. The molecule has 1 aromatic rings. The third-order valence-corrected chi connectivity index (χ3v) is 4.44. The average molecular weight is 296 g/mol. The Morgan fingerprint density at radius 2 is 1.95 bits per heavy atom. The second-order valence-corrected chi connectivity index (χ2v) is 7.19. The van der Waals surface area contributed by atoms with Crippen LogP contribution in [0.25, 0.3) is 0 Å². The topological polar surface area (TPSA) is 68.4 Å². The van der Waals surface area contributed by atoms with E-state index in [1.165, 1.54) is 19.3 Å². The summed E-state index contributed by atoms with van der Waals surface area (Å²) in [6.07, 6.45) is 5.92. The number of ether oxygens (including phenoxy) is 1. The van der Waals surface area contributed by atoms with Crippen LogP contribution in [0.5, 0.6) is 0 Å². The molecule has 0 radical (unpaired) electrons. The van der Waals surface area contributed by atoms with E-state index >= 15 is 0 Å². The summed E-state index contributed by atoms with van der Waals surface area (Å²) in [4.78, 5) is 4.45. The number of hydrogen-bond donors (Lipinski definition) is 1. The van der Waals surface area contributed by atoms with Crippen molar-refractivity contribution in [2.75, 3.05) is 7.11 Å². The van der Waals surface area contributed by atoms with Gasteiger partial charge in [-0.25, -0.2) is 0 Å². The van der Waals surface area contributed by atoms with Crippen molar-refractivity contribution in [2.24, 2.45) is 11.3 Å². The van der Waals surface area contributed by atoms with Crippen LogP contribution in [0.4, 0.5) is 0 Å². The molecule has 0 aliphatic heterocycles. The lowest BCUT2D eigenvalue weighted by molar-refractivity contribution is 0.0273. The van der Waals surface area contributed by atoms with Crippen molar-refractivity contribution in [1.82, 2.24) is 10.1 Å². The van der Waals surface area contributed by atoms with Crippen molar-refractivity contribution in [2.45, 2.75) is 71.5 Å². The van der Waals surface area contributed by atoms with Crippen LogP contribution in [-0.4, -0.2) is 28.5 Å². The van der Waals surface area contributed by atoms with Gasteiger partial charge in [-0.3, -0.25) is 0 Å². The normalized spacial score (nSPS) is 20.4. The van der Waals surface area contributed by atoms with Gasteiger partial charge in [0.25, 0.3) is 0 Å². The number of hydrogen-bond acceptors (Lipinski definition) is 5. The minimum absolute atomic E-state index is 0.0884. The van der Waals surface area contributed by atoms with E-state index in [2.05, 4.69) is 10.1 Å². The van der Waals surface area contributed by atoms with Crippen LogP contribution >= 0.6 is 0 Å². The van der Waals surface area contributed by atoms with E-state index in [1.54, 1.807) is 7.11 Å². The molecule has 1 saturated carbocycles. The Morgan fingerprint density at radius 1 is 1.29 bits per heavy atom. The second kappa shape index (κ2) is 6.88. The van der Waals surface area contributed by atoms with Gasteiger partial charge in [0.2, 0.25) is 11.7 Å². The minimum atomic E-state index is -0.499. The van der Waals surface area contributed by atoms with Crippen LogP contribution in [0.1, 0.15) is 70.7 Å². The molecule has 0 bridgehead atoms. The zero-order chi connectivity index (χ0) is 15.5. The van der Waals surface area contributed by atoms with Gasteiger partial charge in [-0.15, -0.1) is 0 Å². The molecule has 1 fully saturated rings. The van der Waals surface area contributed by atoms with Gasteiger partial charge in [-0.2, -0.15) is 4.98 Å². The molecule has 2 rings (SSSR count). The molecule has 2 unspecified atom stereocenters. The van der Waals surface area contributed by atoms with Crippen molar-refractivity contribution in [3.8, 4) is 0 Å². The van der Waals surface area contributed by atoms with E-state index in [0.29, 0.717) is 24.1 Å². The molecule has 1 heterocycles. The maximum atomic E-state index is 10.1. The summed E-state index contributed by atoms with van der Waals surface area (Å²) in [7, 11) is 1.71. The smallest absolute Gasteiger partial charge is 0.229 e. The maximum absolute atomic E-state index is 10.1. The number of nitrogens with zero attached hydrogens (tertiary/aromatic N) is 2. The second-order valence-electron chi connectivity index (χ2n) is 7.19. The Bertz CT molecular complexity index is 433. The zero-order valence-corrected chi connectivity index (χ0v) is 13.6. The van der Waals surface area contributed by atoms with Gasteiger partial charge < -0.3 is 14.4 Å².